The maximum atomic E-state index is 12.5. The third-order valence-electron chi connectivity index (χ3n) is 3.95. The second-order valence-corrected chi connectivity index (χ2v) is 7.16. The number of benzene rings is 1. The molecule has 1 aromatic carbocycles. The standard InChI is InChI=1S/C20H17ClN2O3S/c1-13-10-17(14(2)23(13)20-22-8-9-27-20)18(24)12-26-19(25)7-6-15-4-3-5-16(21)11-15/h3-11H,12H2,1-2H3/b7-6+. The van der Waals surface area contributed by atoms with E-state index >= 15 is 0 Å². The quantitative estimate of drug-likeness (QED) is 0.343. The van der Waals surface area contributed by atoms with Crippen LogP contribution in [0, 0.1) is 13.8 Å². The van der Waals surface area contributed by atoms with E-state index in [0.717, 1.165) is 22.1 Å². The molecule has 0 N–H and O–H groups in total. The van der Waals surface area contributed by atoms with E-state index < -0.39 is 5.97 Å². The summed E-state index contributed by atoms with van der Waals surface area (Å²) in [5.74, 6) is -0.840. The van der Waals surface area contributed by atoms with Crippen LogP contribution < -0.4 is 0 Å². The number of carbonyl (C=O) groups is 2. The van der Waals surface area contributed by atoms with Crippen LogP contribution in [0.2, 0.25) is 5.02 Å². The Kier molecular flexibility index (Phi) is 5.88. The third kappa shape index (κ3) is 4.53. The van der Waals surface area contributed by atoms with Crippen molar-refractivity contribution in [1.29, 1.82) is 0 Å². The minimum absolute atomic E-state index is 0.254. The Hall–Kier alpha value is -2.70. The number of aryl methyl sites for hydroxylation is 1. The van der Waals surface area contributed by atoms with Gasteiger partial charge in [0.05, 0.1) is 0 Å². The molecule has 0 saturated heterocycles. The Balaban J connectivity index is 1.64. The number of carbonyl (C=O) groups excluding carboxylic acids is 2. The van der Waals surface area contributed by atoms with E-state index in [1.165, 1.54) is 17.4 Å². The summed E-state index contributed by atoms with van der Waals surface area (Å²) in [7, 11) is 0. The Morgan fingerprint density at radius 1 is 1.30 bits per heavy atom. The number of nitrogens with zero attached hydrogens (tertiary/aromatic N) is 2. The summed E-state index contributed by atoms with van der Waals surface area (Å²) < 4.78 is 6.99. The maximum Gasteiger partial charge on any atom is 0.331 e. The van der Waals surface area contributed by atoms with Crippen molar-refractivity contribution in [3.63, 3.8) is 0 Å². The molecule has 0 aliphatic carbocycles. The van der Waals surface area contributed by atoms with Crippen LogP contribution in [0.3, 0.4) is 0 Å². The third-order valence-corrected chi connectivity index (χ3v) is 4.94. The second kappa shape index (κ2) is 8.33. The lowest BCUT2D eigenvalue weighted by atomic mass is 10.1. The monoisotopic (exact) mass is 400 g/mol. The lowest BCUT2D eigenvalue weighted by Gasteiger charge is -2.05. The highest BCUT2D eigenvalue weighted by molar-refractivity contribution is 7.12. The van der Waals surface area contributed by atoms with Gasteiger partial charge in [-0.2, -0.15) is 0 Å². The molecule has 2 aromatic heterocycles. The van der Waals surface area contributed by atoms with E-state index in [-0.39, 0.29) is 12.4 Å². The molecule has 2 heterocycles. The summed E-state index contributed by atoms with van der Waals surface area (Å²) in [5.41, 5.74) is 2.98. The van der Waals surface area contributed by atoms with Crippen molar-refractivity contribution in [1.82, 2.24) is 9.55 Å². The number of rotatable bonds is 6. The van der Waals surface area contributed by atoms with E-state index in [4.69, 9.17) is 16.3 Å². The Morgan fingerprint density at radius 2 is 2.11 bits per heavy atom. The van der Waals surface area contributed by atoms with Crippen molar-refractivity contribution in [2.45, 2.75) is 13.8 Å². The highest BCUT2D eigenvalue weighted by Crippen LogP contribution is 2.22. The first-order chi connectivity index (χ1) is 13.0. The molecule has 0 aliphatic rings. The Bertz CT molecular complexity index is 1010. The topological polar surface area (TPSA) is 61.2 Å². The molecule has 0 radical (unpaired) electrons. The molecule has 3 aromatic rings. The van der Waals surface area contributed by atoms with Crippen LogP contribution in [0.5, 0.6) is 0 Å². The summed E-state index contributed by atoms with van der Waals surface area (Å²) in [4.78, 5) is 28.6. The fraction of sp³-hybridized carbons (Fsp3) is 0.150. The zero-order chi connectivity index (χ0) is 19.4. The predicted octanol–water partition coefficient (Wildman–Crippen LogP) is 4.64. The number of hydrogen-bond acceptors (Lipinski definition) is 5. The van der Waals surface area contributed by atoms with Gasteiger partial charge in [0.15, 0.2) is 11.7 Å². The molecule has 0 fully saturated rings. The Labute approximate surface area is 165 Å². The number of ketones is 1. The molecule has 7 heteroatoms. The highest BCUT2D eigenvalue weighted by atomic mass is 35.5. The van der Waals surface area contributed by atoms with Gasteiger partial charge in [-0.15, -0.1) is 11.3 Å². The van der Waals surface area contributed by atoms with Crippen molar-refractivity contribution in [2.24, 2.45) is 0 Å². The highest BCUT2D eigenvalue weighted by Gasteiger charge is 2.18. The van der Waals surface area contributed by atoms with Gasteiger partial charge in [-0.05, 0) is 43.7 Å². The molecule has 0 unspecified atom stereocenters. The van der Waals surface area contributed by atoms with E-state index in [9.17, 15) is 9.59 Å². The summed E-state index contributed by atoms with van der Waals surface area (Å²) in [5, 5.41) is 3.26. The minimum Gasteiger partial charge on any atom is -0.454 e. The van der Waals surface area contributed by atoms with Crippen LogP contribution >= 0.6 is 22.9 Å². The lowest BCUT2D eigenvalue weighted by molar-refractivity contribution is -0.136. The largest absolute Gasteiger partial charge is 0.454 e. The van der Waals surface area contributed by atoms with E-state index in [1.54, 1.807) is 36.5 Å². The van der Waals surface area contributed by atoms with Crippen molar-refractivity contribution < 1.29 is 14.3 Å². The zero-order valence-electron chi connectivity index (χ0n) is 14.8. The molecular formula is C20H17ClN2O3S. The first-order valence-electron chi connectivity index (χ1n) is 8.18. The molecule has 0 amide bonds. The molecular weight excluding hydrogens is 384 g/mol. The van der Waals surface area contributed by atoms with Gasteiger partial charge < -0.3 is 4.74 Å². The predicted molar refractivity (Wildman–Crippen MR) is 107 cm³/mol. The molecule has 3 rings (SSSR count). The molecule has 27 heavy (non-hydrogen) atoms. The summed E-state index contributed by atoms with van der Waals surface area (Å²) in [6, 6.07) is 8.86. The van der Waals surface area contributed by atoms with Crippen LogP contribution in [0.25, 0.3) is 11.2 Å². The van der Waals surface area contributed by atoms with Crippen LogP contribution in [-0.4, -0.2) is 27.9 Å². The molecule has 0 aliphatic heterocycles. The smallest absolute Gasteiger partial charge is 0.331 e. The fourth-order valence-corrected chi connectivity index (χ4v) is 3.65. The molecule has 0 atom stereocenters. The number of halogens is 1. The van der Waals surface area contributed by atoms with Gasteiger partial charge in [0, 0.05) is 39.6 Å². The van der Waals surface area contributed by atoms with Crippen LogP contribution in [0.15, 0.2) is 48.0 Å². The molecule has 0 bridgehead atoms. The van der Waals surface area contributed by atoms with Crippen molar-refractivity contribution in [3.8, 4) is 5.13 Å². The van der Waals surface area contributed by atoms with Gasteiger partial charge in [0.25, 0.3) is 0 Å². The van der Waals surface area contributed by atoms with Gasteiger partial charge in [-0.25, -0.2) is 9.78 Å². The van der Waals surface area contributed by atoms with Crippen LogP contribution in [-0.2, 0) is 9.53 Å². The number of thiazole rings is 1. The van der Waals surface area contributed by atoms with E-state index in [1.807, 2.05) is 29.9 Å². The maximum absolute atomic E-state index is 12.5. The van der Waals surface area contributed by atoms with Gasteiger partial charge in [-0.1, -0.05) is 23.7 Å². The van der Waals surface area contributed by atoms with Gasteiger partial charge >= 0.3 is 5.97 Å². The summed E-state index contributed by atoms with van der Waals surface area (Å²) in [6.07, 6.45) is 4.58. The SMILES string of the molecule is Cc1cc(C(=O)COC(=O)/C=C/c2cccc(Cl)c2)c(C)n1-c1nccs1. The number of esters is 1. The number of aromatic nitrogens is 2. The number of ether oxygens (including phenoxy) is 1. The molecule has 0 saturated carbocycles. The fourth-order valence-electron chi connectivity index (χ4n) is 2.70. The number of Topliss-reactive ketones (excluding diaryl/α,β-unsaturated/α-hetero) is 1. The van der Waals surface area contributed by atoms with E-state index in [2.05, 4.69) is 4.98 Å². The summed E-state index contributed by atoms with van der Waals surface area (Å²) in [6.45, 7) is 3.44. The van der Waals surface area contributed by atoms with Gasteiger partial charge in [0.2, 0.25) is 5.78 Å². The molecule has 0 spiro atoms. The Morgan fingerprint density at radius 3 is 2.81 bits per heavy atom. The van der Waals surface area contributed by atoms with Crippen molar-refractivity contribution in [3.05, 3.63) is 75.5 Å². The van der Waals surface area contributed by atoms with Gasteiger partial charge in [0.1, 0.15) is 0 Å². The van der Waals surface area contributed by atoms with Crippen molar-refractivity contribution in [2.75, 3.05) is 6.61 Å². The first-order valence-corrected chi connectivity index (χ1v) is 9.44. The lowest BCUT2D eigenvalue weighted by Crippen LogP contribution is -2.13. The minimum atomic E-state index is -0.586. The number of hydrogen-bond donors (Lipinski definition) is 0. The molecule has 138 valence electrons. The first kappa shape index (κ1) is 19.1. The van der Waals surface area contributed by atoms with E-state index in [0.29, 0.717) is 10.6 Å². The average Bonchev–Trinajstić information content (AvgIpc) is 3.25. The second-order valence-electron chi connectivity index (χ2n) is 5.85. The summed E-state index contributed by atoms with van der Waals surface area (Å²) >= 11 is 7.39. The van der Waals surface area contributed by atoms with Crippen LogP contribution in [0.1, 0.15) is 27.3 Å². The zero-order valence-corrected chi connectivity index (χ0v) is 16.4. The van der Waals surface area contributed by atoms with Crippen LogP contribution in [0.4, 0.5) is 0 Å². The average molecular weight is 401 g/mol. The van der Waals surface area contributed by atoms with Gasteiger partial charge in [-0.3, -0.25) is 9.36 Å². The van der Waals surface area contributed by atoms with Crippen molar-refractivity contribution >= 4 is 40.8 Å². The molecule has 5 nitrogen and oxygen atoms in total. The normalized spacial score (nSPS) is 11.1.